The molecule has 2 atom stereocenters. The lowest BCUT2D eigenvalue weighted by Gasteiger charge is -2.33. The second-order valence-electron chi connectivity index (χ2n) is 4.35. The molecule has 6 heteroatoms. The summed E-state index contributed by atoms with van der Waals surface area (Å²) >= 11 is 0. The number of β-amino-alcohol motifs (C(OH)–C–C–N with tert-alkyl or cyclic N) is 1. The van der Waals surface area contributed by atoms with Gasteiger partial charge in [-0.3, -0.25) is 9.69 Å². The summed E-state index contributed by atoms with van der Waals surface area (Å²) in [6.07, 6.45) is -0.388. The summed E-state index contributed by atoms with van der Waals surface area (Å²) in [4.78, 5) is 13.2. The highest BCUT2D eigenvalue weighted by Crippen LogP contribution is 2.10. The smallest absolute Gasteiger partial charge is 0.308 e. The van der Waals surface area contributed by atoms with Gasteiger partial charge in [0, 0.05) is 26.2 Å². The molecule has 6 nitrogen and oxygen atoms in total. The van der Waals surface area contributed by atoms with Crippen LogP contribution in [0.1, 0.15) is 13.3 Å². The molecule has 0 saturated carbocycles. The van der Waals surface area contributed by atoms with Crippen LogP contribution in [0.25, 0.3) is 0 Å². The number of carbonyl (C=O) groups is 1. The number of aliphatic hydroxyl groups excluding tert-OH is 1. The predicted molar refractivity (Wildman–Crippen MR) is 65.3 cm³/mol. The molecule has 1 aliphatic rings. The second kappa shape index (κ2) is 8.42. The average Bonchev–Trinajstić information content (AvgIpc) is 2.36. The van der Waals surface area contributed by atoms with Crippen molar-refractivity contribution in [1.82, 2.24) is 4.90 Å². The minimum absolute atomic E-state index is 0.148. The molecule has 0 radical (unpaired) electrons. The number of hydrogen-bond donors (Lipinski definition) is 1. The molecular formula is C12H23NO5. The molecule has 106 valence electrons. The first-order valence-electron chi connectivity index (χ1n) is 6.32. The zero-order valence-electron chi connectivity index (χ0n) is 11.1. The molecule has 0 amide bonds. The summed E-state index contributed by atoms with van der Waals surface area (Å²) in [6.45, 7) is 5.36. The van der Waals surface area contributed by atoms with Crippen molar-refractivity contribution in [2.24, 2.45) is 0 Å². The second-order valence-corrected chi connectivity index (χ2v) is 4.35. The van der Waals surface area contributed by atoms with Gasteiger partial charge in [-0.25, -0.2) is 0 Å². The van der Waals surface area contributed by atoms with E-state index in [2.05, 4.69) is 9.64 Å². The van der Waals surface area contributed by atoms with Crippen LogP contribution in [-0.4, -0.2) is 74.7 Å². The number of aliphatic hydroxyl groups is 1. The number of morpholine rings is 1. The highest BCUT2D eigenvalue weighted by Gasteiger charge is 2.24. The van der Waals surface area contributed by atoms with Crippen LogP contribution in [0.4, 0.5) is 0 Å². The van der Waals surface area contributed by atoms with Crippen LogP contribution in [0.5, 0.6) is 0 Å². The van der Waals surface area contributed by atoms with Gasteiger partial charge in [0.15, 0.2) is 0 Å². The Balaban J connectivity index is 2.27. The molecule has 1 saturated heterocycles. The quantitative estimate of drug-likeness (QED) is 0.632. The molecule has 0 spiro atoms. The molecule has 1 aliphatic heterocycles. The SMILES string of the molecule is CCOCC(O)CN1CCOC(CC(=O)OC)C1. The zero-order chi connectivity index (χ0) is 13.4. The first kappa shape index (κ1) is 15.4. The molecule has 0 aromatic heterocycles. The highest BCUT2D eigenvalue weighted by molar-refractivity contribution is 5.69. The molecule has 18 heavy (non-hydrogen) atoms. The van der Waals surface area contributed by atoms with Crippen molar-refractivity contribution >= 4 is 5.97 Å². The summed E-state index contributed by atoms with van der Waals surface area (Å²) in [7, 11) is 1.37. The topological polar surface area (TPSA) is 68.2 Å². The third-order valence-electron chi connectivity index (χ3n) is 2.83. The number of methoxy groups -OCH3 is 1. The van der Waals surface area contributed by atoms with E-state index in [9.17, 15) is 9.90 Å². The van der Waals surface area contributed by atoms with Gasteiger partial charge in [-0.1, -0.05) is 0 Å². The molecule has 0 aromatic carbocycles. The van der Waals surface area contributed by atoms with Crippen LogP contribution in [0, 0.1) is 0 Å². The summed E-state index contributed by atoms with van der Waals surface area (Å²) in [6, 6.07) is 0. The first-order valence-corrected chi connectivity index (χ1v) is 6.32. The molecule has 1 N–H and O–H groups in total. The van der Waals surface area contributed by atoms with E-state index >= 15 is 0 Å². The minimum atomic E-state index is -0.498. The largest absolute Gasteiger partial charge is 0.469 e. The van der Waals surface area contributed by atoms with Gasteiger partial charge in [0.1, 0.15) is 0 Å². The van der Waals surface area contributed by atoms with Gasteiger partial charge in [-0.05, 0) is 6.92 Å². The molecule has 2 unspecified atom stereocenters. The van der Waals surface area contributed by atoms with Gasteiger partial charge in [0.05, 0.1) is 39.0 Å². The van der Waals surface area contributed by atoms with Crippen molar-refractivity contribution in [2.75, 3.05) is 46.6 Å². The van der Waals surface area contributed by atoms with Crippen molar-refractivity contribution in [2.45, 2.75) is 25.6 Å². The maximum absolute atomic E-state index is 11.2. The lowest BCUT2D eigenvalue weighted by atomic mass is 10.2. The van der Waals surface area contributed by atoms with Crippen molar-refractivity contribution in [3.8, 4) is 0 Å². The maximum atomic E-state index is 11.2. The molecule has 0 aromatic rings. The number of nitrogens with zero attached hydrogens (tertiary/aromatic N) is 1. The lowest BCUT2D eigenvalue weighted by Crippen LogP contribution is -2.47. The fourth-order valence-corrected chi connectivity index (χ4v) is 1.94. The number of carbonyl (C=O) groups excluding carboxylic acids is 1. The highest BCUT2D eigenvalue weighted by atomic mass is 16.5. The van der Waals surface area contributed by atoms with E-state index in [0.29, 0.717) is 32.9 Å². The Kier molecular flexibility index (Phi) is 7.19. The fourth-order valence-electron chi connectivity index (χ4n) is 1.94. The van der Waals surface area contributed by atoms with Crippen molar-refractivity contribution in [1.29, 1.82) is 0 Å². The average molecular weight is 261 g/mol. The van der Waals surface area contributed by atoms with Gasteiger partial charge in [0.2, 0.25) is 0 Å². The van der Waals surface area contributed by atoms with E-state index < -0.39 is 6.10 Å². The molecule has 1 heterocycles. The van der Waals surface area contributed by atoms with E-state index in [1.54, 1.807) is 0 Å². The summed E-state index contributed by atoms with van der Waals surface area (Å²) in [5.74, 6) is -0.267. The van der Waals surface area contributed by atoms with E-state index in [4.69, 9.17) is 9.47 Å². The molecule has 0 bridgehead atoms. The van der Waals surface area contributed by atoms with Crippen LogP contribution in [-0.2, 0) is 19.0 Å². The van der Waals surface area contributed by atoms with Crippen molar-refractivity contribution in [3.05, 3.63) is 0 Å². The summed E-state index contributed by atoms with van der Waals surface area (Å²) in [5.41, 5.74) is 0. The van der Waals surface area contributed by atoms with Crippen molar-refractivity contribution in [3.63, 3.8) is 0 Å². The monoisotopic (exact) mass is 261 g/mol. The van der Waals surface area contributed by atoms with Crippen LogP contribution >= 0.6 is 0 Å². The Hall–Kier alpha value is -0.690. The summed E-state index contributed by atoms with van der Waals surface area (Å²) < 4.78 is 15.3. The van der Waals surface area contributed by atoms with E-state index in [1.807, 2.05) is 6.92 Å². The number of hydrogen-bond acceptors (Lipinski definition) is 6. The predicted octanol–water partition coefficient (Wildman–Crippen LogP) is -0.352. The van der Waals surface area contributed by atoms with E-state index in [0.717, 1.165) is 6.54 Å². The van der Waals surface area contributed by atoms with Crippen LogP contribution < -0.4 is 0 Å². The Morgan fingerprint density at radius 3 is 3.06 bits per heavy atom. The third kappa shape index (κ3) is 5.77. The lowest BCUT2D eigenvalue weighted by molar-refractivity contribution is -0.146. The molecule has 1 fully saturated rings. The molecular weight excluding hydrogens is 238 g/mol. The third-order valence-corrected chi connectivity index (χ3v) is 2.83. The molecule has 0 aliphatic carbocycles. The zero-order valence-corrected chi connectivity index (χ0v) is 11.1. The Morgan fingerprint density at radius 1 is 1.61 bits per heavy atom. The fraction of sp³-hybridized carbons (Fsp3) is 0.917. The Bertz CT molecular complexity index is 249. The summed E-state index contributed by atoms with van der Waals surface area (Å²) in [5, 5.41) is 9.75. The first-order chi connectivity index (χ1) is 8.65. The number of ether oxygens (including phenoxy) is 3. The number of rotatable bonds is 7. The Morgan fingerprint density at radius 2 is 2.39 bits per heavy atom. The Labute approximate surface area is 108 Å². The standard InChI is InChI=1S/C12H23NO5/c1-3-17-9-10(14)7-13-4-5-18-11(8-13)6-12(15)16-2/h10-11,14H,3-9H2,1-2H3. The van der Waals surface area contributed by atoms with Gasteiger partial charge >= 0.3 is 5.97 Å². The van der Waals surface area contributed by atoms with Gasteiger partial charge in [0.25, 0.3) is 0 Å². The van der Waals surface area contributed by atoms with Gasteiger partial charge in [-0.2, -0.15) is 0 Å². The normalized spacial score (nSPS) is 22.7. The van der Waals surface area contributed by atoms with E-state index in [-0.39, 0.29) is 18.5 Å². The van der Waals surface area contributed by atoms with Crippen LogP contribution in [0.2, 0.25) is 0 Å². The minimum Gasteiger partial charge on any atom is -0.469 e. The van der Waals surface area contributed by atoms with Crippen LogP contribution in [0.15, 0.2) is 0 Å². The van der Waals surface area contributed by atoms with Crippen molar-refractivity contribution < 1.29 is 24.1 Å². The van der Waals surface area contributed by atoms with Gasteiger partial charge in [-0.15, -0.1) is 0 Å². The van der Waals surface area contributed by atoms with Gasteiger partial charge < -0.3 is 19.3 Å². The number of esters is 1. The maximum Gasteiger partial charge on any atom is 0.308 e. The van der Waals surface area contributed by atoms with Crippen LogP contribution in [0.3, 0.4) is 0 Å². The van der Waals surface area contributed by atoms with E-state index in [1.165, 1.54) is 7.11 Å². The molecule has 1 rings (SSSR count).